The van der Waals surface area contributed by atoms with Crippen LogP contribution in [0.1, 0.15) is 57.1 Å². The molecule has 2 rings (SSSR count). The van der Waals surface area contributed by atoms with Gasteiger partial charge in [0.1, 0.15) is 0 Å². The van der Waals surface area contributed by atoms with Crippen LogP contribution in [0.25, 0.3) is 0 Å². The number of guanidine groups is 1. The molecule has 0 bridgehead atoms. The van der Waals surface area contributed by atoms with Crippen LogP contribution in [0.15, 0.2) is 29.3 Å². The number of carbonyl (C=O) groups is 1. The normalized spacial score (nSPS) is 17.0. The number of nitrogens with zero attached hydrogens (tertiary/aromatic N) is 2. The molecule has 1 unspecified atom stereocenters. The van der Waals surface area contributed by atoms with Crippen LogP contribution in [0, 0.1) is 6.92 Å². The first-order valence-electron chi connectivity index (χ1n) is 11.1. The Kier molecular flexibility index (Phi) is 9.98. The predicted octanol–water partition coefficient (Wildman–Crippen LogP) is 2.64. The van der Waals surface area contributed by atoms with Crippen molar-refractivity contribution in [3.63, 3.8) is 0 Å². The summed E-state index contributed by atoms with van der Waals surface area (Å²) in [6.07, 6.45) is 3.03. The van der Waals surface area contributed by atoms with Crippen molar-refractivity contribution in [3.8, 4) is 0 Å². The summed E-state index contributed by atoms with van der Waals surface area (Å²) in [4.78, 5) is 19.0. The molecule has 3 N–H and O–H groups in total. The first kappa shape index (κ1) is 23.2. The minimum absolute atomic E-state index is 0.137. The summed E-state index contributed by atoms with van der Waals surface area (Å²) >= 11 is 0. The van der Waals surface area contributed by atoms with Crippen LogP contribution in [-0.4, -0.2) is 62.1 Å². The van der Waals surface area contributed by atoms with Crippen LogP contribution in [0.5, 0.6) is 0 Å². The molecule has 0 spiro atoms. The molecule has 1 amide bonds. The zero-order valence-corrected chi connectivity index (χ0v) is 18.6. The van der Waals surface area contributed by atoms with E-state index in [4.69, 9.17) is 4.99 Å². The second-order valence-corrected chi connectivity index (χ2v) is 8.08. The van der Waals surface area contributed by atoms with Crippen molar-refractivity contribution in [3.05, 3.63) is 35.4 Å². The minimum atomic E-state index is 0.137. The molecule has 162 valence electrons. The quantitative estimate of drug-likeness (QED) is 0.440. The van der Waals surface area contributed by atoms with Crippen LogP contribution < -0.4 is 16.0 Å². The standard InChI is InChI=1S/C23H39N5O/c1-5-12-25-22(29)17-28-13-10-21(11-14-28)27-23(24-6-2)26-16-19(4)20-9-7-8-18(3)15-20/h7-9,15,19,21H,5-6,10-14,16-17H2,1-4H3,(H,25,29)(H2,24,26,27). The number of aliphatic imine (C=N–C) groups is 1. The molecular weight excluding hydrogens is 362 g/mol. The lowest BCUT2D eigenvalue weighted by Gasteiger charge is -2.32. The predicted molar refractivity (Wildman–Crippen MR) is 121 cm³/mol. The number of likely N-dealkylation sites (tertiary alicyclic amines) is 1. The van der Waals surface area contributed by atoms with Gasteiger partial charge in [0.15, 0.2) is 5.96 Å². The van der Waals surface area contributed by atoms with E-state index in [0.29, 0.717) is 18.5 Å². The van der Waals surface area contributed by atoms with E-state index in [-0.39, 0.29) is 5.91 Å². The van der Waals surface area contributed by atoms with Gasteiger partial charge in [-0.05, 0) is 38.7 Å². The van der Waals surface area contributed by atoms with Crippen molar-refractivity contribution in [2.24, 2.45) is 4.99 Å². The maximum Gasteiger partial charge on any atom is 0.234 e. The van der Waals surface area contributed by atoms with E-state index in [1.807, 2.05) is 0 Å². The molecule has 1 aromatic rings. The Morgan fingerprint density at radius 3 is 2.66 bits per heavy atom. The second-order valence-electron chi connectivity index (χ2n) is 8.08. The average Bonchev–Trinajstić information content (AvgIpc) is 2.72. The maximum atomic E-state index is 11.9. The van der Waals surface area contributed by atoms with Crippen LogP contribution >= 0.6 is 0 Å². The van der Waals surface area contributed by atoms with E-state index in [0.717, 1.165) is 57.9 Å². The van der Waals surface area contributed by atoms with Crippen molar-refractivity contribution < 1.29 is 4.79 Å². The van der Waals surface area contributed by atoms with Crippen LogP contribution in [-0.2, 0) is 4.79 Å². The zero-order chi connectivity index (χ0) is 21.1. The third-order valence-electron chi connectivity index (χ3n) is 5.35. The summed E-state index contributed by atoms with van der Waals surface area (Å²) in [6, 6.07) is 9.07. The van der Waals surface area contributed by atoms with E-state index in [2.05, 4.69) is 72.8 Å². The van der Waals surface area contributed by atoms with Crippen molar-refractivity contribution in [2.45, 2.75) is 58.9 Å². The summed E-state index contributed by atoms with van der Waals surface area (Å²) in [5.41, 5.74) is 2.62. The average molecular weight is 402 g/mol. The fourth-order valence-corrected chi connectivity index (χ4v) is 3.58. The highest BCUT2D eigenvalue weighted by Crippen LogP contribution is 2.17. The second kappa shape index (κ2) is 12.5. The van der Waals surface area contributed by atoms with Gasteiger partial charge in [-0.15, -0.1) is 0 Å². The Hall–Kier alpha value is -2.08. The molecule has 1 heterocycles. The lowest BCUT2D eigenvalue weighted by molar-refractivity contribution is -0.122. The van der Waals surface area contributed by atoms with E-state index in [9.17, 15) is 4.79 Å². The third-order valence-corrected chi connectivity index (χ3v) is 5.35. The molecule has 0 aromatic heterocycles. The topological polar surface area (TPSA) is 68.8 Å². The van der Waals surface area contributed by atoms with Gasteiger partial charge in [0.05, 0.1) is 6.54 Å². The Morgan fingerprint density at radius 2 is 2.00 bits per heavy atom. The monoisotopic (exact) mass is 401 g/mol. The molecule has 0 saturated carbocycles. The van der Waals surface area contributed by atoms with E-state index < -0.39 is 0 Å². The van der Waals surface area contributed by atoms with Gasteiger partial charge in [0.25, 0.3) is 0 Å². The number of benzene rings is 1. The molecule has 6 heteroatoms. The smallest absolute Gasteiger partial charge is 0.234 e. The molecule has 1 atom stereocenters. The van der Waals surface area contributed by atoms with Gasteiger partial charge in [-0.2, -0.15) is 0 Å². The maximum absolute atomic E-state index is 11.9. The van der Waals surface area contributed by atoms with Gasteiger partial charge in [-0.25, -0.2) is 0 Å². The Bertz CT molecular complexity index is 652. The minimum Gasteiger partial charge on any atom is -0.357 e. The van der Waals surface area contributed by atoms with Crippen molar-refractivity contribution in [2.75, 3.05) is 39.3 Å². The summed E-state index contributed by atoms with van der Waals surface area (Å²) in [5.74, 6) is 1.42. The molecule has 29 heavy (non-hydrogen) atoms. The molecular formula is C23H39N5O. The van der Waals surface area contributed by atoms with Gasteiger partial charge >= 0.3 is 0 Å². The molecule has 1 aliphatic heterocycles. The fourth-order valence-electron chi connectivity index (χ4n) is 3.58. The SMILES string of the molecule is CCCNC(=O)CN1CCC(NC(=NCC(C)c2cccc(C)c2)NCC)CC1. The molecule has 1 saturated heterocycles. The number of hydrogen-bond acceptors (Lipinski definition) is 3. The lowest BCUT2D eigenvalue weighted by atomic mass is 10.00. The number of carbonyl (C=O) groups excluding carboxylic acids is 1. The molecule has 1 aliphatic rings. The Morgan fingerprint density at radius 1 is 1.24 bits per heavy atom. The van der Waals surface area contributed by atoms with Crippen molar-refractivity contribution in [1.82, 2.24) is 20.9 Å². The number of amides is 1. The first-order chi connectivity index (χ1) is 14.0. The zero-order valence-electron chi connectivity index (χ0n) is 18.6. The van der Waals surface area contributed by atoms with Crippen molar-refractivity contribution in [1.29, 1.82) is 0 Å². The summed E-state index contributed by atoms with van der Waals surface area (Å²) in [5, 5.41) is 9.93. The largest absolute Gasteiger partial charge is 0.357 e. The van der Waals surface area contributed by atoms with E-state index >= 15 is 0 Å². The van der Waals surface area contributed by atoms with Gasteiger partial charge in [-0.3, -0.25) is 14.7 Å². The highest BCUT2D eigenvalue weighted by atomic mass is 16.2. The van der Waals surface area contributed by atoms with Crippen molar-refractivity contribution >= 4 is 11.9 Å². The van der Waals surface area contributed by atoms with Crippen LogP contribution in [0.2, 0.25) is 0 Å². The molecule has 0 aliphatic carbocycles. The highest BCUT2D eigenvalue weighted by molar-refractivity contribution is 5.80. The molecule has 1 fully saturated rings. The van der Waals surface area contributed by atoms with Gasteiger partial charge in [-0.1, -0.05) is 43.7 Å². The number of rotatable bonds is 9. The van der Waals surface area contributed by atoms with Gasteiger partial charge in [0, 0.05) is 44.7 Å². The summed E-state index contributed by atoms with van der Waals surface area (Å²) in [7, 11) is 0. The highest BCUT2D eigenvalue weighted by Gasteiger charge is 2.21. The van der Waals surface area contributed by atoms with E-state index in [1.54, 1.807) is 0 Å². The summed E-state index contributed by atoms with van der Waals surface area (Å²) in [6.45, 7) is 13.3. The third kappa shape index (κ3) is 8.44. The number of aryl methyl sites for hydroxylation is 1. The molecule has 0 radical (unpaired) electrons. The number of piperidine rings is 1. The number of nitrogens with one attached hydrogen (secondary N) is 3. The fraction of sp³-hybridized carbons (Fsp3) is 0.652. The Balaban J connectivity index is 1.81. The lowest BCUT2D eigenvalue weighted by Crippen LogP contribution is -2.50. The van der Waals surface area contributed by atoms with Gasteiger partial charge in [0.2, 0.25) is 5.91 Å². The van der Waals surface area contributed by atoms with E-state index in [1.165, 1.54) is 11.1 Å². The molecule has 1 aromatic carbocycles. The summed E-state index contributed by atoms with van der Waals surface area (Å²) < 4.78 is 0. The van der Waals surface area contributed by atoms with Crippen LogP contribution in [0.4, 0.5) is 0 Å². The first-order valence-corrected chi connectivity index (χ1v) is 11.1. The molecule has 6 nitrogen and oxygen atoms in total. The van der Waals surface area contributed by atoms with Gasteiger partial charge < -0.3 is 16.0 Å². The Labute approximate surface area is 176 Å². The number of hydrogen-bond donors (Lipinski definition) is 3. The van der Waals surface area contributed by atoms with Crippen LogP contribution in [0.3, 0.4) is 0 Å².